The highest BCUT2D eigenvalue weighted by molar-refractivity contribution is 14.1. The van der Waals surface area contributed by atoms with Crippen LogP contribution >= 0.6 is 45.2 Å². The molecular formula is C31H20I2N4O4. The molecule has 6 rings (SSSR count). The normalized spacial score (nSPS) is 11.4. The largest absolute Gasteiger partial charge is 0.482 e. The van der Waals surface area contributed by atoms with E-state index >= 15 is 0 Å². The highest BCUT2D eigenvalue weighted by Gasteiger charge is 2.17. The number of rotatable bonds is 7. The Labute approximate surface area is 261 Å². The van der Waals surface area contributed by atoms with Crippen molar-refractivity contribution in [2.45, 2.75) is 0 Å². The first-order chi connectivity index (χ1) is 20.0. The molecule has 0 atom stereocenters. The monoisotopic (exact) mass is 766 g/mol. The molecular weight excluding hydrogens is 746 g/mol. The maximum absolute atomic E-state index is 13.5. The third-order valence-electron chi connectivity index (χ3n) is 6.15. The van der Waals surface area contributed by atoms with Gasteiger partial charge in [0.1, 0.15) is 11.3 Å². The second kappa shape index (κ2) is 11.8. The van der Waals surface area contributed by atoms with Gasteiger partial charge in [-0.3, -0.25) is 9.59 Å². The van der Waals surface area contributed by atoms with Gasteiger partial charge in [-0.2, -0.15) is 9.78 Å². The van der Waals surface area contributed by atoms with Gasteiger partial charge in [0, 0.05) is 11.1 Å². The summed E-state index contributed by atoms with van der Waals surface area (Å²) < 4.78 is 14.7. The summed E-state index contributed by atoms with van der Waals surface area (Å²) >= 11 is 4.32. The van der Waals surface area contributed by atoms with E-state index in [2.05, 4.69) is 55.6 Å². The Morgan fingerprint density at radius 2 is 1.66 bits per heavy atom. The number of fused-ring (bicyclic) bond motifs is 2. The standard InChI is InChI=1S/C31H20I2N4O4/c32-23-14-19(15-24(33)29(23)40-18-28(38)35-21-9-2-1-3-10-21)17-34-37-30(27-16-20-8-4-7-13-26(20)41-27)36-25-12-6-5-11-22(25)31(37)39/h1-17H,18H2,(H,35,38). The number of anilines is 1. The summed E-state index contributed by atoms with van der Waals surface area (Å²) in [5.74, 6) is 1.08. The molecule has 1 amide bonds. The molecule has 10 heteroatoms. The highest BCUT2D eigenvalue weighted by atomic mass is 127. The number of hydrogen-bond donors (Lipinski definition) is 1. The molecule has 0 unspecified atom stereocenters. The third-order valence-corrected chi connectivity index (χ3v) is 7.75. The highest BCUT2D eigenvalue weighted by Crippen LogP contribution is 2.29. The molecule has 0 aliphatic heterocycles. The van der Waals surface area contributed by atoms with E-state index in [0.717, 1.165) is 18.1 Å². The number of amides is 1. The van der Waals surface area contributed by atoms with Gasteiger partial charge in [0.15, 0.2) is 12.4 Å². The van der Waals surface area contributed by atoms with Crippen molar-refractivity contribution >= 4 is 84.9 Å². The molecule has 0 bridgehead atoms. The number of aromatic nitrogens is 2. The summed E-state index contributed by atoms with van der Waals surface area (Å²) in [7, 11) is 0. The molecule has 0 saturated heterocycles. The number of halogens is 2. The van der Waals surface area contributed by atoms with E-state index < -0.39 is 0 Å². The summed E-state index contributed by atoms with van der Waals surface area (Å²) in [6, 6.07) is 29.6. The van der Waals surface area contributed by atoms with E-state index in [9.17, 15) is 9.59 Å². The van der Waals surface area contributed by atoms with E-state index in [1.807, 2.05) is 78.9 Å². The Morgan fingerprint density at radius 3 is 2.44 bits per heavy atom. The number of hydrogen-bond acceptors (Lipinski definition) is 6. The molecule has 2 heterocycles. The minimum absolute atomic E-state index is 0.132. The zero-order chi connectivity index (χ0) is 28.3. The van der Waals surface area contributed by atoms with Crippen molar-refractivity contribution in [2.75, 3.05) is 11.9 Å². The van der Waals surface area contributed by atoms with Crippen LogP contribution in [0.2, 0.25) is 0 Å². The van der Waals surface area contributed by atoms with Gasteiger partial charge in [-0.15, -0.1) is 0 Å². The van der Waals surface area contributed by atoms with Crippen LogP contribution in [0.25, 0.3) is 33.5 Å². The minimum atomic E-state index is -0.309. The number of furan rings is 1. The van der Waals surface area contributed by atoms with Crippen molar-refractivity contribution in [3.63, 3.8) is 0 Å². The Hall–Kier alpha value is -4.04. The second-order valence-electron chi connectivity index (χ2n) is 8.98. The summed E-state index contributed by atoms with van der Waals surface area (Å²) in [6.07, 6.45) is 1.60. The molecule has 2 aromatic heterocycles. The lowest BCUT2D eigenvalue weighted by Gasteiger charge is -2.12. The van der Waals surface area contributed by atoms with Crippen LogP contribution in [0.3, 0.4) is 0 Å². The van der Waals surface area contributed by atoms with Gasteiger partial charge in [-0.25, -0.2) is 4.98 Å². The average molecular weight is 766 g/mol. The SMILES string of the molecule is O=C(COc1c(I)cc(C=Nn2c(-c3cc4ccccc4o3)nc3ccccc3c2=O)cc1I)Nc1ccccc1. The smallest absolute Gasteiger partial charge is 0.282 e. The molecule has 4 aromatic carbocycles. The van der Waals surface area contributed by atoms with Crippen LogP contribution in [0.5, 0.6) is 5.75 Å². The van der Waals surface area contributed by atoms with Gasteiger partial charge in [-0.05, 0) is 99.3 Å². The predicted octanol–water partition coefficient (Wildman–Crippen LogP) is 6.92. The van der Waals surface area contributed by atoms with Gasteiger partial charge < -0.3 is 14.5 Å². The number of para-hydroxylation sites is 3. The van der Waals surface area contributed by atoms with Crippen LogP contribution in [0.15, 0.2) is 111 Å². The fourth-order valence-electron chi connectivity index (χ4n) is 4.25. The quantitative estimate of drug-likeness (QED) is 0.141. The molecule has 0 spiro atoms. The van der Waals surface area contributed by atoms with Crippen molar-refractivity contribution in [2.24, 2.45) is 5.10 Å². The maximum Gasteiger partial charge on any atom is 0.282 e. The first kappa shape index (κ1) is 27.1. The molecule has 0 radical (unpaired) electrons. The second-order valence-corrected chi connectivity index (χ2v) is 11.3. The lowest BCUT2D eigenvalue weighted by atomic mass is 10.2. The van der Waals surface area contributed by atoms with Crippen LogP contribution in [-0.4, -0.2) is 28.4 Å². The Kier molecular flexibility index (Phi) is 7.83. The molecule has 0 saturated carbocycles. The van der Waals surface area contributed by atoms with Gasteiger partial charge in [-0.1, -0.05) is 48.5 Å². The van der Waals surface area contributed by atoms with Crippen molar-refractivity contribution in [1.82, 2.24) is 9.66 Å². The summed E-state index contributed by atoms with van der Waals surface area (Å²) in [4.78, 5) is 30.6. The molecule has 0 aliphatic carbocycles. The van der Waals surface area contributed by atoms with Gasteiger partial charge >= 0.3 is 0 Å². The van der Waals surface area contributed by atoms with Crippen molar-refractivity contribution < 1.29 is 13.9 Å². The Bertz CT molecular complexity index is 1950. The van der Waals surface area contributed by atoms with Gasteiger partial charge in [0.05, 0.1) is 24.3 Å². The lowest BCUT2D eigenvalue weighted by Crippen LogP contribution is -2.21. The van der Waals surface area contributed by atoms with Crippen molar-refractivity contribution in [1.29, 1.82) is 0 Å². The van der Waals surface area contributed by atoms with Gasteiger partial charge in [0.25, 0.3) is 11.5 Å². The fourth-order valence-corrected chi connectivity index (χ4v) is 6.38. The molecule has 202 valence electrons. The zero-order valence-electron chi connectivity index (χ0n) is 21.3. The van der Waals surface area contributed by atoms with Crippen LogP contribution in [0, 0.1) is 7.14 Å². The summed E-state index contributed by atoms with van der Waals surface area (Å²) in [5, 5.41) is 8.71. The van der Waals surface area contributed by atoms with Crippen LogP contribution < -0.4 is 15.6 Å². The van der Waals surface area contributed by atoms with Crippen LogP contribution in [-0.2, 0) is 4.79 Å². The number of carbonyl (C=O) groups is 1. The molecule has 1 N–H and O–H groups in total. The molecule has 0 fully saturated rings. The number of carbonyl (C=O) groups excluding carboxylic acids is 1. The average Bonchev–Trinajstić information content (AvgIpc) is 3.41. The summed E-state index contributed by atoms with van der Waals surface area (Å²) in [6.45, 7) is -0.132. The zero-order valence-corrected chi connectivity index (χ0v) is 25.6. The fraction of sp³-hybridized carbons (Fsp3) is 0.0323. The number of nitrogens with one attached hydrogen (secondary N) is 1. The molecule has 8 nitrogen and oxygen atoms in total. The number of benzene rings is 4. The minimum Gasteiger partial charge on any atom is -0.482 e. The number of ether oxygens (including phenoxy) is 1. The first-order valence-corrected chi connectivity index (χ1v) is 14.6. The van der Waals surface area contributed by atoms with E-state index in [1.165, 1.54) is 4.68 Å². The Balaban J connectivity index is 1.30. The molecule has 0 aliphatic rings. The van der Waals surface area contributed by atoms with Crippen molar-refractivity contribution in [3.8, 4) is 17.3 Å². The molecule has 41 heavy (non-hydrogen) atoms. The first-order valence-electron chi connectivity index (χ1n) is 12.5. The topological polar surface area (TPSA) is 98.7 Å². The van der Waals surface area contributed by atoms with E-state index in [0.29, 0.717) is 39.5 Å². The van der Waals surface area contributed by atoms with E-state index in [4.69, 9.17) is 14.1 Å². The van der Waals surface area contributed by atoms with Crippen LogP contribution in [0.4, 0.5) is 5.69 Å². The van der Waals surface area contributed by atoms with Gasteiger partial charge in [0.2, 0.25) is 5.82 Å². The van der Waals surface area contributed by atoms with E-state index in [-0.39, 0.29) is 18.1 Å². The van der Waals surface area contributed by atoms with E-state index in [1.54, 1.807) is 24.4 Å². The Morgan fingerprint density at radius 1 is 0.951 bits per heavy atom. The number of nitrogens with zero attached hydrogens (tertiary/aromatic N) is 3. The maximum atomic E-state index is 13.5. The predicted molar refractivity (Wildman–Crippen MR) is 177 cm³/mol. The summed E-state index contributed by atoms with van der Waals surface area (Å²) in [5.41, 5.74) is 2.39. The molecule has 6 aromatic rings. The van der Waals surface area contributed by atoms with Crippen molar-refractivity contribution in [3.05, 3.63) is 120 Å². The third kappa shape index (κ3) is 5.88. The van der Waals surface area contributed by atoms with Crippen LogP contribution in [0.1, 0.15) is 5.56 Å². The lowest BCUT2D eigenvalue weighted by molar-refractivity contribution is -0.118.